The fourth-order valence-corrected chi connectivity index (χ4v) is 3.70. The van der Waals surface area contributed by atoms with Crippen LogP contribution in [0.3, 0.4) is 0 Å². The first-order chi connectivity index (χ1) is 13.9. The zero-order valence-electron chi connectivity index (χ0n) is 16.5. The first-order valence-electron chi connectivity index (χ1n) is 9.57. The molecule has 1 aliphatic rings. The topological polar surface area (TPSA) is 64.8 Å². The zero-order valence-corrected chi connectivity index (χ0v) is 16.5. The molecular formula is C21H24FN5O2. The number of benzene rings is 2. The number of anilines is 3. The Labute approximate surface area is 168 Å². The Balaban J connectivity index is 1.64. The molecule has 0 saturated carbocycles. The van der Waals surface area contributed by atoms with Gasteiger partial charge >= 0.3 is 5.97 Å². The third-order valence-electron chi connectivity index (χ3n) is 5.40. The number of aliphatic carboxylic acids is 1. The van der Waals surface area contributed by atoms with Crippen molar-refractivity contribution in [3.8, 4) is 0 Å². The molecule has 0 spiro atoms. The van der Waals surface area contributed by atoms with Crippen molar-refractivity contribution in [1.29, 1.82) is 0 Å². The normalized spacial score (nSPS) is 15.1. The van der Waals surface area contributed by atoms with Crippen LogP contribution in [-0.4, -0.2) is 66.0 Å². The lowest BCUT2D eigenvalue weighted by atomic mass is 10.2. The van der Waals surface area contributed by atoms with Crippen LogP contribution < -0.4 is 9.80 Å². The van der Waals surface area contributed by atoms with Gasteiger partial charge in [0.05, 0.1) is 5.52 Å². The number of hydrogen-bond acceptors (Lipinski definition) is 5. The van der Waals surface area contributed by atoms with Gasteiger partial charge in [-0.05, 0) is 49.5 Å². The molecule has 4 rings (SSSR count). The van der Waals surface area contributed by atoms with Gasteiger partial charge in [-0.2, -0.15) is 5.10 Å². The Morgan fingerprint density at radius 2 is 1.83 bits per heavy atom. The molecule has 29 heavy (non-hydrogen) atoms. The van der Waals surface area contributed by atoms with E-state index in [1.807, 2.05) is 24.1 Å². The minimum Gasteiger partial charge on any atom is -0.480 e. The van der Waals surface area contributed by atoms with Gasteiger partial charge in [0.15, 0.2) is 5.82 Å². The van der Waals surface area contributed by atoms with Gasteiger partial charge in [-0.3, -0.25) is 9.48 Å². The van der Waals surface area contributed by atoms with Gasteiger partial charge in [-0.15, -0.1) is 0 Å². The number of rotatable bonds is 5. The standard InChI is InChI=1S/C21H24FN5O2/c1-24-9-11-26(12-10-24)17-6-4-16(5-7-17)25(2)21-18-13-15(22)3-8-19(18)27(23-21)14-20(28)29/h3-8,13H,9-12,14H2,1-2H3,(H,28,29). The summed E-state index contributed by atoms with van der Waals surface area (Å²) in [6.45, 7) is 3.79. The molecule has 3 aromatic rings. The second-order valence-electron chi connectivity index (χ2n) is 7.40. The number of carbonyl (C=O) groups is 1. The number of hydrogen-bond donors (Lipinski definition) is 1. The van der Waals surface area contributed by atoms with E-state index in [0.717, 1.165) is 31.9 Å². The summed E-state index contributed by atoms with van der Waals surface area (Å²) in [5, 5.41) is 14.2. The van der Waals surface area contributed by atoms with E-state index in [0.29, 0.717) is 16.7 Å². The van der Waals surface area contributed by atoms with Gasteiger partial charge in [0.1, 0.15) is 12.4 Å². The van der Waals surface area contributed by atoms with E-state index in [4.69, 9.17) is 5.11 Å². The molecule has 1 fully saturated rings. The lowest BCUT2D eigenvalue weighted by Crippen LogP contribution is -2.44. The van der Waals surface area contributed by atoms with Crippen molar-refractivity contribution in [2.75, 3.05) is 50.1 Å². The van der Waals surface area contributed by atoms with Crippen LogP contribution in [-0.2, 0) is 11.3 Å². The van der Waals surface area contributed by atoms with Crippen LogP contribution >= 0.6 is 0 Å². The maximum absolute atomic E-state index is 13.9. The van der Waals surface area contributed by atoms with Crippen molar-refractivity contribution in [1.82, 2.24) is 14.7 Å². The summed E-state index contributed by atoms with van der Waals surface area (Å²) < 4.78 is 15.3. The SMILES string of the molecule is CN1CCN(c2ccc(N(C)c3nn(CC(=O)O)c4ccc(F)cc34)cc2)CC1. The Kier molecular flexibility index (Phi) is 5.10. The average Bonchev–Trinajstić information content (AvgIpc) is 3.05. The Bertz CT molecular complexity index is 1030. The minimum atomic E-state index is -0.996. The number of piperazine rings is 1. The number of likely N-dealkylation sites (N-methyl/N-ethyl adjacent to an activating group) is 1. The molecule has 0 amide bonds. The van der Waals surface area contributed by atoms with E-state index in [1.54, 1.807) is 6.07 Å². The van der Waals surface area contributed by atoms with Gasteiger partial charge in [0.2, 0.25) is 0 Å². The molecule has 0 aliphatic carbocycles. The molecule has 0 unspecified atom stereocenters. The maximum Gasteiger partial charge on any atom is 0.325 e. The molecule has 152 valence electrons. The van der Waals surface area contributed by atoms with Crippen molar-refractivity contribution in [2.45, 2.75) is 6.54 Å². The van der Waals surface area contributed by atoms with Crippen LogP contribution in [0.2, 0.25) is 0 Å². The zero-order chi connectivity index (χ0) is 20.5. The number of carboxylic acids is 1. The largest absolute Gasteiger partial charge is 0.480 e. The summed E-state index contributed by atoms with van der Waals surface area (Å²) in [5.41, 5.74) is 2.65. The first kappa shape index (κ1) is 19.2. The van der Waals surface area contributed by atoms with E-state index in [1.165, 1.54) is 22.5 Å². The molecule has 2 aromatic carbocycles. The molecule has 0 radical (unpaired) electrons. The van der Waals surface area contributed by atoms with Crippen molar-refractivity contribution >= 4 is 34.1 Å². The van der Waals surface area contributed by atoms with Gasteiger partial charge < -0.3 is 19.8 Å². The van der Waals surface area contributed by atoms with Crippen LogP contribution in [0.15, 0.2) is 42.5 Å². The molecule has 7 nitrogen and oxygen atoms in total. The Hall–Kier alpha value is -3.13. The lowest BCUT2D eigenvalue weighted by molar-refractivity contribution is -0.137. The van der Waals surface area contributed by atoms with E-state index in [2.05, 4.69) is 34.1 Å². The number of nitrogens with zero attached hydrogens (tertiary/aromatic N) is 5. The van der Waals surface area contributed by atoms with E-state index in [-0.39, 0.29) is 12.4 Å². The fourth-order valence-electron chi connectivity index (χ4n) is 3.70. The third kappa shape index (κ3) is 3.88. The predicted octanol–water partition coefficient (Wildman–Crippen LogP) is 2.78. The molecule has 0 atom stereocenters. The monoisotopic (exact) mass is 397 g/mol. The van der Waals surface area contributed by atoms with Gasteiger partial charge in [-0.25, -0.2) is 4.39 Å². The first-order valence-corrected chi connectivity index (χ1v) is 9.57. The summed E-state index contributed by atoms with van der Waals surface area (Å²) in [6.07, 6.45) is 0. The smallest absolute Gasteiger partial charge is 0.325 e. The van der Waals surface area contributed by atoms with Crippen LogP contribution in [0.5, 0.6) is 0 Å². The molecule has 0 bridgehead atoms. The molecule has 8 heteroatoms. The van der Waals surface area contributed by atoms with Crippen LogP contribution in [0.25, 0.3) is 10.9 Å². The van der Waals surface area contributed by atoms with E-state index < -0.39 is 5.97 Å². The Morgan fingerprint density at radius 3 is 2.48 bits per heavy atom. The van der Waals surface area contributed by atoms with Crippen molar-refractivity contribution < 1.29 is 14.3 Å². The van der Waals surface area contributed by atoms with Crippen LogP contribution in [0.1, 0.15) is 0 Å². The lowest BCUT2D eigenvalue weighted by Gasteiger charge is -2.34. The highest BCUT2D eigenvalue weighted by molar-refractivity contribution is 5.93. The quantitative estimate of drug-likeness (QED) is 0.714. The van der Waals surface area contributed by atoms with Gasteiger partial charge in [-0.1, -0.05) is 0 Å². The van der Waals surface area contributed by atoms with E-state index >= 15 is 0 Å². The maximum atomic E-state index is 13.9. The molecule has 1 aliphatic heterocycles. The third-order valence-corrected chi connectivity index (χ3v) is 5.40. The predicted molar refractivity (Wildman–Crippen MR) is 112 cm³/mol. The van der Waals surface area contributed by atoms with Crippen LogP contribution in [0, 0.1) is 5.82 Å². The summed E-state index contributed by atoms with van der Waals surface area (Å²) in [4.78, 5) is 17.7. The second-order valence-corrected chi connectivity index (χ2v) is 7.40. The summed E-state index contributed by atoms with van der Waals surface area (Å²) in [7, 11) is 3.98. The molecule has 1 aromatic heterocycles. The number of fused-ring (bicyclic) bond motifs is 1. The highest BCUT2D eigenvalue weighted by Crippen LogP contribution is 2.32. The highest BCUT2D eigenvalue weighted by Gasteiger charge is 2.18. The molecule has 1 N–H and O–H groups in total. The second kappa shape index (κ2) is 7.71. The molecular weight excluding hydrogens is 373 g/mol. The highest BCUT2D eigenvalue weighted by atomic mass is 19.1. The van der Waals surface area contributed by atoms with Crippen molar-refractivity contribution in [3.63, 3.8) is 0 Å². The average molecular weight is 397 g/mol. The number of halogens is 1. The summed E-state index contributed by atoms with van der Waals surface area (Å²) in [6, 6.07) is 12.4. The van der Waals surface area contributed by atoms with Crippen LogP contribution in [0.4, 0.5) is 21.6 Å². The molecule has 1 saturated heterocycles. The summed E-state index contributed by atoms with van der Waals surface area (Å²) in [5.74, 6) is -0.856. The summed E-state index contributed by atoms with van der Waals surface area (Å²) >= 11 is 0. The molecule has 2 heterocycles. The number of carboxylic acid groups (broad SMARTS) is 1. The van der Waals surface area contributed by atoms with Crippen molar-refractivity contribution in [2.24, 2.45) is 0 Å². The number of aromatic nitrogens is 2. The minimum absolute atomic E-state index is 0.279. The Morgan fingerprint density at radius 1 is 1.14 bits per heavy atom. The van der Waals surface area contributed by atoms with Gasteiger partial charge in [0.25, 0.3) is 0 Å². The fraction of sp³-hybridized carbons (Fsp3) is 0.333. The van der Waals surface area contributed by atoms with Gasteiger partial charge in [0, 0.05) is 50.0 Å². The van der Waals surface area contributed by atoms with Crippen molar-refractivity contribution in [3.05, 3.63) is 48.3 Å². The van der Waals surface area contributed by atoms with E-state index in [9.17, 15) is 9.18 Å².